The third-order valence-corrected chi connectivity index (χ3v) is 4.66. The quantitative estimate of drug-likeness (QED) is 0.458. The van der Waals surface area contributed by atoms with Crippen LogP contribution in [-0.4, -0.2) is 23.3 Å². The van der Waals surface area contributed by atoms with Gasteiger partial charge in [0.1, 0.15) is 5.75 Å². The number of carbonyl (C=O) groups excluding carboxylic acids is 1. The van der Waals surface area contributed by atoms with E-state index in [1.165, 1.54) is 0 Å². The minimum atomic E-state index is -0.390. The van der Waals surface area contributed by atoms with E-state index in [9.17, 15) is 4.79 Å². The molecule has 28 heavy (non-hydrogen) atoms. The van der Waals surface area contributed by atoms with Crippen LogP contribution in [-0.2, 0) is 4.79 Å². The van der Waals surface area contributed by atoms with Crippen molar-refractivity contribution in [2.45, 2.75) is 13.8 Å². The normalized spacial score (nSPS) is 11.0. The molecule has 0 atom stereocenters. The number of benzene rings is 2. The van der Waals surface area contributed by atoms with Gasteiger partial charge in [-0.3, -0.25) is 4.79 Å². The van der Waals surface area contributed by atoms with Crippen molar-refractivity contribution in [3.8, 4) is 11.4 Å². The number of amides is 1. The number of nitrogens with zero attached hydrogens (tertiary/aromatic N) is 2. The van der Waals surface area contributed by atoms with E-state index in [1.807, 2.05) is 50.2 Å². The van der Waals surface area contributed by atoms with Crippen molar-refractivity contribution in [3.05, 3.63) is 81.6 Å². The lowest BCUT2D eigenvalue weighted by Gasteiger charge is -2.09. The van der Waals surface area contributed by atoms with Gasteiger partial charge >= 0.3 is 0 Å². The first-order valence-electron chi connectivity index (χ1n) is 8.60. The number of halogens is 2. The van der Waals surface area contributed by atoms with E-state index in [-0.39, 0.29) is 12.5 Å². The van der Waals surface area contributed by atoms with Crippen LogP contribution >= 0.6 is 23.2 Å². The van der Waals surface area contributed by atoms with Crippen molar-refractivity contribution in [3.63, 3.8) is 0 Å². The van der Waals surface area contributed by atoms with E-state index < -0.39 is 0 Å². The maximum Gasteiger partial charge on any atom is 0.277 e. The smallest absolute Gasteiger partial charge is 0.277 e. The van der Waals surface area contributed by atoms with Gasteiger partial charge in [0.15, 0.2) is 6.61 Å². The molecule has 3 rings (SSSR count). The fourth-order valence-electron chi connectivity index (χ4n) is 2.83. The summed E-state index contributed by atoms with van der Waals surface area (Å²) in [6, 6.07) is 16.9. The molecule has 0 spiro atoms. The molecule has 0 aliphatic rings. The molecular formula is C21H19Cl2N3O2. The van der Waals surface area contributed by atoms with E-state index in [4.69, 9.17) is 27.9 Å². The van der Waals surface area contributed by atoms with Gasteiger partial charge in [0.2, 0.25) is 0 Å². The Morgan fingerprint density at radius 2 is 1.89 bits per heavy atom. The number of carbonyl (C=O) groups is 1. The van der Waals surface area contributed by atoms with Crippen LogP contribution in [0.25, 0.3) is 5.69 Å². The zero-order valence-electron chi connectivity index (χ0n) is 15.4. The third-order valence-electron chi connectivity index (χ3n) is 4.13. The van der Waals surface area contributed by atoms with Crippen molar-refractivity contribution in [1.29, 1.82) is 0 Å². The number of hydrogen-bond acceptors (Lipinski definition) is 3. The molecule has 0 fully saturated rings. The van der Waals surface area contributed by atoms with Gasteiger partial charge in [-0.25, -0.2) is 5.43 Å². The molecule has 0 aliphatic carbocycles. The Kier molecular flexibility index (Phi) is 6.39. The minimum absolute atomic E-state index is 0.207. The van der Waals surface area contributed by atoms with Gasteiger partial charge in [-0.05, 0) is 50.2 Å². The number of aryl methyl sites for hydroxylation is 1. The molecule has 0 unspecified atom stereocenters. The molecule has 5 nitrogen and oxygen atoms in total. The van der Waals surface area contributed by atoms with E-state index in [0.29, 0.717) is 15.8 Å². The number of para-hydroxylation sites is 1. The standard InChI is InChI=1S/C21H19Cl2N3O2/c1-14-10-16(15(2)26(14)18-6-4-3-5-7-18)12-24-25-21(27)13-28-20-9-8-17(22)11-19(20)23/h3-12H,13H2,1-2H3,(H,25,27)/b24-12-. The number of hydrogen-bond donors (Lipinski definition) is 1. The largest absolute Gasteiger partial charge is 0.482 e. The summed E-state index contributed by atoms with van der Waals surface area (Å²) in [5.41, 5.74) is 6.57. The first kappa shape index (κ1) is 20.0. The van der Waals surface area contributed by atoms with Crippen molar-refractivity contribution < 1.29 is 9.53 Å². The van der Waals surface area contributed by atoms with Crippen LogP contribution in [0.5, 0.6) is 5.75 Å². The van der Waals surface area contributed by atoms with E-state index in [1.54, 1.807) is 24.4 Å². The highest BCUT2D eigenvalue weighted by atomic mass is 35.5. The zero-order chi connectivity index (χ0) is 20.1. The first-order valence-corrected chi connectivity index (χ1v) is 9.35. The first-order chi connectivity index (χ1) is 13.5. The second-order valence-corrected chi connectivity index (χ2v) is 7.00. The molecule has 0 aliphatic heterocycles. The summed E-state index contributed by atoms with van der Waals surface area (Å²) in [5, 5.41) is 4.87. The molecule has 3 aromatic rings. The summed E-state index contributed by atoms with van der Waals surface area (Å²) < 4.78 is 7.51. The molecule has 1 N–H and O–H groups in total. The lowest BCUT2D eigenvalue weighted by atomic mass is 10.2. The van der Waals surface area contributed by atoms with Gasteiger partial charge in [-0.2, -0.15) is 5.10 Å². The predicted octanol–water partition coefficient (Wildman–Crippen LogP) is 4.93. The third kappa shape index (κ3) is 4.74. The van der Waals surface area contributed by atoms with Crippen molar-refractivity contribution in [2.75, 3.05) is 6.61 Å². The second-order valence-electron chi connectivity index (χ2n) is 6.15. The molecule has 1 aromatic heterocycles. The number of aromatic nitrogens is 1. The molecule has 0 saturated heterocycles. The van der Waals surface area contributed by atoms with Gasteiger partial charge in [-0.15, -0.1) is 0 Å². The van der Waals surface area contributed by atoms with Crippen LogP contribution in [0.3, 0.4) is 0 Å². The molecule has 7 heteroatoms. The molecule has 0 saturated carbocycles. The summed E-state index contributed by atoms with van der Waals surface area (Å²) >= 11 is 11.8. The monoisotopic (exact) mass is 415 g/mol. The molecule has 0 bridgehead atoms. The Balaban J connectivity index is 1.61. The maximum atomic E-state index is 11.9. The van der Waals surface area contributed by atoms with Gasteiger partial charge < -0.3 is 9.30 Å². The number of nitrogens with one attached hydrogen (secondary N) is 1. The maximum absolute atomic E-state index is 11.9. The Morgan fingerprint density at radius 1 is 1.14 bits per heavy atom. The van der Waals surface area contributed by atoms with E-state index in [0.717, 1.165) is 22.6 Å². The Labute approximate surface area is 173 Å². The van der Waals surface area contributed by atoms with E-state index >= 15 is 0 Å². The highest BCUT2D eigenvalue weighted by Crippen LogP contribution is 2.27. The van der Waals surface area contributed by atoms with E-state index in [2.05, 4.69) is 15.1 Å². The summed E-state index contributed by atoms with van der Waals surface area (Å²) in [6.07, 6.45) is 1.62. The molecule has 1 amide bonds. The number of ether oxygens (including phenoxy) is 1. The van der Waals surface area contributed by atoms with Gasteiger partial charge in [0, 0.05) is 27.7 Å². The minimum Gasteiger partial charge on any atom is -0.482 e. The lowest BCUT2D eigenvalue weighted by molar-refractivity contribution is -0.123. The fraction of sp³-hybridized carbons (Fsp3) is 0.143. The van der Waals surface area contributed by atoms with Crippen LogP contribution < -0.4 is 10.2 Å². The summed E-state index contributed by atoms with van der Waals surface area (Å²) in [7, 11) is 0. The second kappa shape index (κ2) is 8.95. The fourth-order valence-corrected chi connectivity index (χ4v) is 3.30. The van der Waals surface area contributed by atoms with Gasteiger partial charge in [-0.1, -0.05) is 41.4 Å². The summed E-state index contributed by atoms with van der Waals surface area (Å²) in [6.45, 7) is 3.83. The van der Waals surface area contributed by atoms with Crippen LogP contribution in [0.1, 0.15) is 17.0 Å². The van der Waals surface area contributed by atoms with Gasteiger partial charge in [0.25, 0.3) is 5.91 Å². The van der Waals surface area contributed by atoms with Crippen molar-refractivity contribution in [2.24, 2.45) is 5.10 Å². The van der Waals surface area contributed by atoms with Crippen LogP contribution in [0.2, 0.25) is 10.0 Å². The highest BCUT2D eigenvalue weighted by molar-refractivity contribution is 6.35. The predicted molar refractivity (Wildman–Crippen MR) is 113 cm³/mol. The molecule has 2 aromatic carbocycles. The number of rotatable bonds is 6. The average Bonchev–Trinajstić information content (AvgIpc) is 2.95. The van der Waals surface area contributed by atoms with Crippen molar-refractivity contribution >= 4 is 35.3 Å². The van der Waals surface area contributed by atoms with Crippen LogP contribution in [0.4, 0.5) is 0 Å². The van der Waals surface area contributed by atoms with Crippen LogP contribution in [0, 0.1) is 13.8 Å². The Morgan fingerprint density at radius 3 is 2.61 bits per heavy atom. The highest BCUT2D eigenvalue weighted by Gasteiger charge is 2.09. The van der Waals surface area contributed by atoms with Crippen LogP contribution in [0.15, 0.2) is 59.7 Å². The Hall–Kier alpha value is -2.76. The lowest BCUT2D eigenvalue weighted by Crippen LogP contribution is -2.24. The summed E-state index contributed by atoms with van der Waals surface area (Å²) in [4.78, 5) is 11.9. The zero-order valence-corrected chi connectivity index (χ0v) is 17.0. The SMILES string of the molecule is Cc1cc(/C=N\NC(=O)COc2ccc(Cl)cc2Cl)c(C)n1-c1ccccc1. The topological polar surface area (TPSA) is 55.6 Å². The number of hydrazone groups is 1. The van der Waals surface area contributed by atoms with Crippen molar-refractivity contribution in [1.82, 2.24) is 9.99 Å². The molecular weight excluding hydrogens is 397 g/mol. The van der Waals surface area contributed by atoms with Gasteiger partial charge in [0.05, 0.1) is 11.2 Å². The molecule has 144 valence electrons. The molecule has 0 radical (unpaired) electrons. The molecule has 1 heterocycles. The average molecular weight is 416 g/mol. The summed E-state index contributed by atoms with van der Waals surface area (Å²) in [5.74, 6) is -0.00395. The Bertz CT molecular complexity index is 1010.